The second-order valence-corrected chi connectivity index (χ2v) is 18.4. The van der Waals surface area contributed by atoms with Crippen LogP contribution in [0.5, 0.6) is 11.5 Å². The summed E-state index contributed by atoms with van der Waals surface area (Å²) >= 11 is 0. The third kappa shape index (κ3) is 14.3. The average Bonchev–Trinajstić information content (AvgIpc) is 3.90. The molecule has 8 N–H and O–H groups in total. The molecule has 0 radical (unpaired) electrons. The fourth-order valence-electron chi connectivity index (χ4n) is 9.09. The number of nitrogens with two attached hydrogens (primary N) is 2. The molecule has 4 heterocycles. The molecule has 2 saturated heterocycles. The van der Waals surface area contributed by atoms with E-state index >= 15 is 0 Å². The number of primary amides is 2. The molecule has 4 aromatic carbocycles. The Morgan fingerprint density at radius 1 is 0.605 bits per heavy atom. The van der Waals surface area contributed by atoms with Crippen molar-refractivity contribution in [3.63, 3.8) is 0 Å². The monoisotopic (exact) mass is 1060 g/mol. The molecule has 0 unspecified atom stereocenters. The lowest BCUT2D eigenvalue weighted by Crippen LogP contribution is -2.46. The largest absolute Gasteiger partial charge is 0.495 e. The number of hydrogen-bond acceptors (Lipinski definition) is 10. The van der Waals surface area contributed by atoms with Gasteiger partial charge in [0.2, 0.25) is 11.8 Å². The summed E-state index contributed by atoms with van der Waals surface area (Å²) < 4.78 is 123. The molecule has 6 aromatic rings. The predicted octanol–water partition coefficient (Wildman–Crippen LogP) is 8.46. The van der Waals surface area contributed by atoms with E-state index in [1.54, 1.807) is 60.7 Å². The fraction of sp³-hybridized carbons (Fsp3) is 0.370. The van der Waals surface area contributed by atoms with E-state index in [4.69, 9.17) is 20.9 Å². The summed E-state index contributed by atoms with van der Waals surface area (Å²) in [6.45, 7) is -0.176. The van der Waals surface area contributed by atoms with E-state index in [2.05, 4.69) is 44.9 Å². The van der Waals surface area contributed by atoms with E-state index in [0.717, 1.165) is 22.2 Å². The van der Waals surface area contributed by atoms with Gasteiger partial charge in [-0.1, -0.05) is 24.0 Å². The number of aromatic nitrogens is 2. The summed E-state index contributed by atoms with van der Waals surface area (Å²) in [5.74, 6) is 10.9. The number of methoxy groups -OCH3 is 2. The Labute approximate surface area is 434 Å². The van der Waals surface area contributed by atoms with Crippen LogP contribution in [0.1, 0.15) is 44.9 Å². The highest BCUT2D eigenvalue weighted by Crippen LogP contribution is 2.34. The Hall–Kier alpha value is -7.82. The maximum absolute atomic E-state index is 14.6. The molecule has 0 saturated carbocycles. The van der Waals surface area contributed by atoms with Gasteiger partial charge in [-0.2, -0.15) is 26.3 Å². The number of benzene rings is 4. The van der Waals surface area contributed by atoms with Gasteiger partial charge in [0.25, 0.3) is 0 Å². The van der Waals surface area contributed by atoms with Crippen LogP contribution < -0.4 is 42.2 Å². The quantitative estimate of drug-likeness (QED) is 0.0460. The van der Waals surface area contributed by atoms with Crippen LogP contribution in [0.4, 0.5) is 57.9 Å². The molecular formula is C54H58F8N10O4. The number of nitrogens with zero attached hydrogens (tertiary/aromatic N) is 4. The van der Waals surface area contributed by atoms with E-state index < -0.39 is 61.7 Å². The number of ether oxygens (including phenoxy) is 2. The molecule has 0 bridgehead atoms. The van der Waals surface area contributed by atoms with Gasteiger partial charge >= 0.3 is 12.4 Å². The molecule has 0 aliphatic carbocycles. The van der Waals surface area contributed by atoms with Crippen LogP contribution in [0.15, 0.2) is 84.9 Å². The third-order valence-corrected chi connectivity index (χ3v) is 12.9. The number of fused-ring (bicyclic) bond motifs is 2. The van der Waals surface area contributed by atoms with Crippen LogP contribution >= 0.6 is 0 Å². The summed E-state index contributed by atoms with van der Waals surface area (Å²) in [7, 11) is 6.59. The zero-order valence-corrected chi connectivity index (χ0v) is 42.1. The lowest BCUT2D eigenvalue weighted by atomic mass is 10.0. The van der Waals surface area contributed by atoms with Gasteiger partial charge in [0.1, 0.15) is 36.9 Å². The maximum atomic E-state index is 14.6. The first kappa shape index (κ1) is 55.9. The number of likely N-dealkylation sites (tertiary alicyclic amines) is 2. The van der Waals surface area contributed by atoms with Gasteiger partial charge in [-0.05, 0) is 112 Å². The Bertz CT molecular complexity index is 2960. The number of halogens is 8. The van der Waals surface area contributed by atoms with Crippen LogP contribution in [0, 0.1) is 23.7 Å². The zero-order chi connectivity index (χ0) is 54.9. The van der Waals surface area contributed by atoms with Crippen molar-refractivity contribution in [2.45, 2.75) is 62.7 Å². The lowest BCUT2D eigenvalue weighted by Gasteiger charge is -2.33. The number of carbonyl (C=O) groups is 2. The summed E-state index contributed by atoms with van der Waals surface area (Å²) in [5.41, 5.74) is 14.5. The smallest absolute Gasteiger partial charge is 0.406 e. The standard InChI is InChI=1S/2C27H29F4N5O2/c2*1-35-12-10-22(20(28)15-35)34-21-6-3-7-24-19(21)14-18(36(24)16-27(29,30)31)5-4-11-33-23-9-8-17(26(32)37)13-25(23)38-2/h2*3,6-9,13-14,20,22,33-34H,10-12,15-16H2,1-2H3,(H2,32,37)/t2*20-,22-/m11/s1. The molecule has 22 heteroatoms. The van der Waals surface area contributed by atoms with E-state index in [9.17, 15) is 44.7 Å². The molecule has 0 spiro atoms. The molecule has 2 aliphatic heterocycles. The molecule has 404 valence electrons. The number of amides is 2. The normalized spacial score (nSPS) is 18.1. The van der Waals surface area contributed by atoms with Crippen molar-refractivity contribution in [2.24, 2.45) is 11.5 Å². The second-order valence-electron chi connectivity index (χ2n) is 18.4. The van der Waals surface area contributed by atoms with Gasteiger partial charge in [0.05, 0.1) is 73.2 Å². The average molecular weight is 1060 g/mol. The van der Waals surface area contributed by atoms with Crippen molar-refractivity contribution in [3.8, 4) is 35.2 Å². The van der Waals surface area contributed by atoms with Crippen molar-refractivity contribution in [1.82, 2.24) is 18.9 Å². The molecule has 76 heavy (non-hydrogen) atoms. The highest BCUT2D eigenvalue weighted by molar-refractivity contribution is 5.96. The number of carbonyl (C=O) groups excluding carboxylic acids is 2. The van der Waals surface area contributed by atoms with Gasteiger partial charge in [0, 0.05) is 59.5 Å². The summed E-state index contributed by atoms with van der Waals surface area (Å²) in [6, 6.07) is 21.6. The molecule has 2 aliphatic rings. The van der Waals surface area contributed by atoms with Crippen molar-refractivity contribution in [2.75, 3.05) is 88.9 Å². The van der Waals surface area contributed by atoms with Crippen molar-refractivity contribution < 1.29 is 54.2 Å². The van der Waals surface area contributed by atoms with Crippen LogP contribution in [0.3, 0.4) is 0 Å². The zero-order valence-electron chi connectivity index (χ0n) is 42.1. The molecule has 14 nitrogen and oxygen atoms in total. The predicted molar refractivity (Wildman–Crippen MR) is 279 cm³/mol. The topological polar surface area (TPSA) is 169 Å². The van der Waals surface area contributed by atoms with Crippen molar-refractivity contribution in [1.29, 1.82) is 0 Å². The Morgan fingerprint density at radius 2 is 1.00 bits per heavy atom. The van der Waals surface area contributed by atoms with E-state index in [0.29, 0.717) is 82.0 Å². The maximum Gasteiger partial charge on any atom is 0.406 e. The lowest BCUT2D eigenvalue weighted by molar-refractivity contribution is -0.140. The van der Waals surface area contributed by atoms with Crippen LogP contribution in [-0.4, -0.2) is 135 Å². The third-order valence-electron chi connectivity index (χ3n) is 12.9. The van der Waals surface area contributed by atoms with Crippen molar-refractivity contribution in [3.05, 3.63) is 107 Å². The van der Waals surface area contributed by atoms with Crippen LogP contribution in [0.25, 0.3) is 21.8 Å². The first-order valence-electron chi connectivity index (χ1n) is 24.1. The Morgan fingerprint density at radius 3 is 1.34 bits per heavy atom. The highest BCUT2D eigenvalue weighted by Gasteiger charge is 2.33. The van der Waals surface area contributed by atoms with Gasteiger partial charge in [-0.25, -0.2) is 8.78 Å². The van der Waals surface area contributed by atoms with E-state index in [1.165, 1.54) is 38.5 Å². The van der Waals surface area contributed by atoms with Gasteiger partial charge < -0.3 is 61.1 Å². The van der Waals surface area contributed by atoms with Gasteiger partial charge in [0.15, 0.2) is 0 Å². The highest BCUT2D eigenvalue weighted by atomic mass is 19.4. The number of piperidine rings is 2. The minimum absolute atomic E-state index is 0.101. The number of rotatable bonds is 14. The SMILES string of the molecule is COc1cc(C(N)=O)ccc1NCC#Cc1cc2c(N[C@@H]3CCN(C)C[C@H]3F)cccc2n1CC(F)(F)F.COc1cc(C(N)=O)ccc1NCC#Cc1cc2c(N[C@@H]3CCN(C)C[C@H]3F)cccc2n1CC(F)(F)F. The second kappa shape index (κ2) is 24.2. The minimum Gasteiger partial charge on any atom is -0.495 e. The number of alkyl halides is 8. The molecule has 4 atom stereocenters. The Balaban J connectivity index is 0.000000221. The molecular weight excluding hydrogens is 1000 g/mol. The van der Waals surface area contributed by atoms with E-state index in [-0.39, 0.29) is 35.6 Å². The van der Waals surface area contributed by atoms with Crippen molar-refractivity contribution >= 4 is 56.4 Å². The molecule has 8 rings (SSSR count). The molecule has 2 aromatic heterocycles. The first-order chi connectivity index (χ1) is 36.1. The molecule has 2 amide bonds. The van der Waals surface area contributed by atoms with Gasteiger partial charge in [-0.3, -0.25) is 9.59 Å². The van der Waals surface area contributed by atoms with Crippen LogP contribution in [-0.2, 0) is 13.1 Å². The number of nitrogens with one attached hydrogen (secondary N) is 4. The first-order valence-corrected chi connectivity index (χ1v) is 24.1. The fourth-order valence-corrected chi connectivity index (χ4v) is 9.09. The molecule has 2 fully saturated rings. The van der Waals surface area contributed by atoms with Gasteiger partial charge in [-0.15, -0.1) is 0 Å². The number of anilines is 4. The minimum atomic E-state index is -4.46. The number of hydrogen-bond donors (Lipinski definition) is 6. The summed E-state index contributed by atoms with van der Waals surface area (Å²) in [5, 5.41) is 13.6. The summed E-state index contributed by atoms with van der Waals surface area (Å²) in [6.07, 6.45) is -9.95. The van der Waals surface area contributed by atoms with Crippen LogP contribution in [0.2, 0.25) is 0 Å². The van der Waals surface area contributed by atoms with E-state index in [1.807, 2.05) is 23.9 Å². The summed E-state index contributed by atoms with van der Waals surface area (Å²) in [4.78, 5) is 26.6. The Kier molecular flexibility index (Phi) is 17.8.